The van der Waals surface area contributed by atoms with Crippen molar-refractivity contribution in [1.29, 1.82) is 0 Å². The third-order valence-electron chi connectivity index (χ3n) is 4.84. The lowest BCUT2D eigenvalue weighted by atomic mass is 10.0. The first-order valence-corrected chi connectivity index (χ1v) is 9.44. The molecule has 2 N–H and O–H groups in total. The molecule has 0 saturated carbocycles. The molecule has 1 aliphatic rings. The summed E-state index contributed by atoms with van der Waals surface area (Å²) in [6.07, 6.45) is 2.12. The number of nitrogens with one attached hydrogen (secondary N) is 1. The number of methoxy groups -OCH3 is 1. The number of anilines is 1. The summed E-state index contributed by atoms with van der Waals surface area (Å²) in [6, 6.07) is 22.6. The highest BCUT2D eigenvalue weighted by atomic mass is 35.5. The maximum absolute atomic E-state index is 11.5. The topological polar surface area (TPSA) is 61.8 Å². The van der Waals surface area contributed by atoms with Gasteiger partial charge in [-0.2, -0.15) is 0 Å². The Morgan fingerprint density at radius 3 is 2.45 bits per heavy atom. The Kier molecular flexibility index (Phi) is 5.14. The molecule has 0 radical (unpaired) electrons. The molecule has 0 aromatic heterocycles. The van der Waals surface area contributed by atoms with Crippen LogP contribution in [0.15, 0.2) is 78.9 Å². The monoisotopic (exact) mass is 406 g/mol. The van der Waals surface area contributed by atoms with Crippen molar-refractivity contribution < 1.29 is 14.6 Å². The summed E-state index contributed by atoms with van der Waals surface area (Å²) in [5, 5.41) is 11.6. The molecule has 3 aromatic rings. The summed E-state index contributed by atoms with van der Waals surface area (Å²) in [6.45, 7) is 0. The number of halogens is 1. The number of hydrogen-bond donors (Lipinski definition) is 2. The molecule has 0 fully saturated rings. The summed E-state index contributed by atoms with van der Waals surface area (Å²) in [5.74, 6) is -0.286. The number of aromatic carboxylic acids is 1. The lowest BCUT2D eigenvalue weighted by Gasteiger charge is -2.28. The minimum atomic E-state index is -1.06. The zero-order valence-corrected chi connectivity index (χ0v) is 16.4. The van der Waals surface area contributed by atoms with Crippen molar-refractivity contribution in [3.63, 3.8) is 0 Å². The van der Waals surface area contributed by atoms with Crippen LogP contribution in [0.1, 0.15) is 27.5 Å². The number of rotatable bonds is 5. The zero-order valence-electron chi connectivity index (χ0n) is 15.7. The average molecular weight is 407 g/mol. The molecule has 1 aliphatic heterocycles. The lowest BCUT2D eigenvalue weighted by molar-refractivity contribution is 0.0697. The van der Waals surface area contributed by atoms with Crippen LogP contribution in [0.3, 0.4) is 0 Å². The fourth-order valence-corrected chi connectivity index (χ4v) is 3.54. The molecule has 146 valence electrons. The molecule has 0 amide bonds. The molecule has 4 rings (SSSR count). The lowest BCUT2D eigenvalue weighted by Crippen LogP contribution is -2.34. The van der Waals surface area contributed by atoms with Crippen molar-refractivity contribution in [3.05, 3.63) is 101 Å². The van der Waals surface area contributed by atoms with E-state index < -0.39 is 5.97 Å². The minimum Gasteiger partial charge on any atom is -0.497 e. The molecule has 5 nitrogen and oxygen atoms in total. The quantitative estimate of drug-likeness (QED) is 0.613. The van der Waals surface area contributed by atoms with Crippen LogP contribution >= 0.6 is 11.6 Å². The van der Waals surface area contributed by atoms with Gasteiger partial charge in [0.2, 0.25) is 0 Å². The minimum absolute atomic E-state index is 0.0626. The van der Waals surface area contributed by atoms with Gasteiger partial charge in [-0.15, -0.1) is 0 Å². The Morgan fingerprint density at radius 2 is 1.79 bits per heavy atom. The number of carboxylic acids is 1. The van der Waals surface area contributed by atoms with E-state index in [0.29, 0.717) is 5.69 Å². The Morgan fingerprint density at radius 1 is 1.07 bits per heavy atom. The van der Waals surface area contributed by atoms with Crippen molar-refractivity contribution in [2.45, 2.75) is 6.04 Å². The standard InChI is InChI=1S/C23H19ClN2O3/c1-29-18-10-7-16(8-11-18)22-14-21(15-5-3-2-4-6-15)25-26(22)17-9-12-20(24)19(13-17)23(27)28/h2-14,22,25H,1H3,(H,27,28). The van der Waals surface area contributed by atoms with E-state index in [9.17, 15) is 9.90 Å². The van der Waals surface area contributed by atoms with Crippen LogP contribution in [-0.4, -0.2) is 18.2 Å². The number of hydrazine groups is 1. The van der Waals surface area contributed by atoms with Crippen LogP contribution in [0.4, 0.5) is 5.69 Å². The van der Waals surface area contributed by atoms with Gasteiger partial charge in [0, 0.05) is 0 Å². The highest BCUT2D eigenvalue weighted by molar-refractivity contribution is 6.33. The van der Waals surface area contributed by atoms with Crippen molar-refractivity contribution in [1.82, 2.24) is 5.43 Å². The predicted molar refractivity (Wildman–Crippen MR) is 114 cm³/mol. The van der Waals surface area contributed by atoms with Crippen LogP contribution in [0, 0.1) is 0 Å². The fraction of sp³-hybridized carbons (Fsp3) is 0.0870. The third kappa shape index (κ3) is 3.77. The van der Waals surface area contributed by atoms with Crippen LogP contribution in [0.2, 0.25) is 5.02 Å². The maximum atomic E-state index is 11.5. The van der Waals surface area contributed by atoms with Gasteiger partial charge in [-0.3, -0.25) is 10.4 Å². The van der Waals surface area contributed by atoms with Gasteiger partial charge in [-0.1, -0.05) is 54.1 Å². The highest BCUT2D eigenvalue weighted by Crippen LogP contribution is 2.36. The van der Waals surface area contributed by atoms with Gasteiger partial charge in [0.05, 0.1) is 35.1 Å². The second-order valence-corrected chi connectivity index (χ2v) is 7.02. The molecule has 0 bridgehead atoms. The van der Waals surface area contributed by atoms with Crippen molar-refractivity contribution in [3.8, 4) is 5.75 Å². The second-order valence-electron chi connectivity index (χ2n) is 6.62. The summed E-state index contributed by atoms with van der Waals surface area (Å²) in [4.78, 5) is 11.5. The van der Waals surface area contributed by atoms with E-state index in [4.69, 9.17) is 16.3 Å². The van der Waals surface area contributed by atoms with Gasteiger partial charge in [0.1, 0.15) is 5.75 Å². The molecule has 3 aromatic carbocycles. The molecule has 0 saturated heterocycles. The normalized spacial score (nSPS) is 15.6. The van der Waals surface area contributed by atoms with E-state index in [1.165, 1.54) is 0 Å². The van der Waals surface area contributed by atoms with Crippen molar-refractivity contribution in [2.75, 3.05) is 12.1 Å². The molecule has 0 aliphatic carbocycles. The van der Waals surface area contributed by atoms with Crippen LogP contribution in [-0.2, 0) is 0 Å². The number of nitrogens with zero attached hydrogens (tertiary/aromatic N) is 1. The van der Waals surface area contributed by atoms with E-state index in [-0.39, 0.29) is 16.6 Å². The van der Waals surface area contributed by atoms with Crippen LogP contribution in [0.25, 0.3) is 5.70 Å². The van der Waals surface area contributed by atoms with E-state index in [0.717, 1.165) is 22.6 Å². The number of carboxylic acid groups (broad SMARTS) is 1. The molecule has 1 atom stereocenters. The molecule has 1 unspecified atom stereocenters. The van der Waals surface area contributed by atoms with Gasteiger partial charge in [-0.25, -0.2) is 4.79 Å². The molecule has 1 heterocycles. The van der Waals surface area contributed by atoms with E-state index >= 15 is 0 Å². The van der Waals surface area contributed by atoms with E-state index in [1.807, 2.05) is 59.6 Å². The molecular weight excluding hydrogens is 388 g/mol. The Bertz CT molecular complexity index is 1070. The van der Waals surface area contributed by atoms with Crippen molar-refractivity contribution in [2.24, 2.45) is 0 Å². The maximum Gasteiger partial charge on any atom is 0.337 e. The number of hydrogen-bond acceptors (Lipinski definition) is 4. The fourth-order valence-electron chi connectivity index (χ4n) is 3.35. The SMILES string of the molecule is COc1ccc(C2C=C(c3ccccc3)NN2c2ccc(Cl)c(C(=O)O)c2)cc1. The Labute approximate surface area is 173 Å². The first-order valence-electron chi connectivity index (χ1n) is 9.07. The molecule has 29 heavy (non-hydrogen) atoms. The summed E-state index contributed by atoms with van der Waals surface area (Å²) in [5.41, 5.74) is 7.20. The van der Waals surface area contributed by atoms with Gasteiger partial charge >= 0.3 is 5.97 Å². The average Bonchev–Trinajstić information content (AvgIpc) is 3.20. The van der Waals surface area contributed by atoms with E-state index in [1.54, 1.807) is 25.3 Å². The van der Waals surface area contributed by atoms with Gasteiger partial charge in [-0.05, 0) is 47.5 Å². The molecule has 6 heteroatoms. The highest BCUT2D eigenvalue weighted by Gasteiger charge is 2.28. The summed E-state index contributed by atoms with van der Waals surface area (Å²) >= 11 is 6.06. The number of carbonyl (C=O) groups is 1. The summed E-state index contributed by atoms with van der Waals surface area (Å²) in [7, 11) is 1.63. The molecular formula is C23H19ClN2O3. The smallest absolute Gasteiger partial charge is 0.337 e. The largest absolute Gasteiger partial charge is 0.497 e. The summed E-state index contributed by atoms with van der Waals surface area (Å²) < 4.78 is 5.26. The van der Waals surface area contributed by atoms with Crippen LogP contribution in [0.5, 0.6) is 5.75 Å². The Hall–Kier alpha value is -3.44. The van der Waals surface area contributed by atoms with E-state index in [2.05, 4.69) is 11.5 Å². The van der Waals surface area contributed by atoms with Gasteiger partial charge < -0.3 is 9.84 Å². The Balaban J connectivity index is 1.77. The van der Waals surface area contributed by atoms with Crippen LogP contribution < -0.4 is 15.2 Å². The van der Waals surface area contributed by atoms with Gasteiger partial charge in [0.15, 0.2) is 0 Å². The van der Waals surface area contributed by atoms with Crippen molar-refractivity contribution >= 4 is 29.0 Å². The number of ether oxygens (including phenoxy) is 1. The first kappa shape index (κ1) is 18.9. The first-order chi connectivity index (χ1) is 14.1. The predicted octanol–water partition coefficient (Wildman–Crippen LogP) is 5.15. The second kappa shape index (κ2) is 7.89. The number of benzene rings is 3. The molecule has 0 spiro atoms. The van der Waals surface area contributed by atoms with Gasteiger partial charge in [0.25, 0.3) is 0 Å². The zero-order chi connectivity index (χ0) is 20.4. The third-order valence-corrected chi connectivity index (χ3v) is 5.17.